The van der Waals surface area contributed by atoms with Crippen molar-refractivity contribution >= 4 is 115 Å². The van der Waals surface area contributed by atoms with Crippen LogP contribution < -0.4 is 0 Å². The summed E-state index contributed by atoms with van der Waals surface area (Å²) >= 11 is 22.4. The molecule has 0 fully saturated rings. The molecule has 0 aliphatic carbocycles. The number of halogens is 11. The van der Waals surface area contributed by atoms with Gasteiger partial charge < -0.3 is 0 Å². The summed E-state index contributed by atoms with van der Waals surface area (Å²) in [5.41, 5.74) is 17.0. The van der Waals surface area contributed by atoms with Crippen LogP contribution in [0.2, 0.25) is 0 Å². The van der Waals surface area contributed by atoms with Crippen LogP contribution in [0.5, 0.6) is 0 Å². The van der Waals surface area contributed by atoms with Gasteiger partial charge in [0.25, 0.3) is 0 Å². The normalized spacial score (nSPS) is 9.97. The minimum Gasteiger partial charge on any atom is -0.206 e. The van der Waals surface area contributed by atoms with Gasteiger partial charge in [-0.25, -0.2) is 48.3 Å². The smallest absolute Gasteiger partial charge is 0.153 e. The second-order valence-corrected chi connectivity index (χ2v) is 32.0. The van der Waals surface area contributed by atoms with Gasteiger partial charge in [-0.1, -0.05) is 245 Å². The Morgan fingerprint density at radius 1 is 0.229 bits per heavy atom. The van der Waals surface area contributed by atoms with E-state index in [4.69, 9.17) is 0 Å². The average Bonchev–Trinajstić information content (AvgIpc) is 0.812. The molecular formula is C119H82F11N5S5. The second-order valence-electron chi connectivity index (χ2n) is 31.1. The molecule has 0 bridgehead atoms. The minimum atomic E-state index is -0.858. The quantitative estimate of drug-likeness (QED) is 0.0265. The molecule has 0 unspecified atom stereocenters. The summed E-state index contributed by atoms with van der Waals surface area (Å²) in [6.07, 6.45) is 8.65. The van der Waals surface area contributed by atoms with Gasteiger partial charge in [-0.2, -0.15) is 25.0 Å². The molecule has 0 amide bonds. The summed E-state index contributed by atoms with van der Waals surface area (Å²) in [6, 6.07) is 82.9. The van der Waals surface area contributed by atoms with Crippen LogP contribution >= 0.6 is 61.1 Å². The van der Waals surface area contributed by atoms with E-state index < -0.39 is 46.4 Å². The molecule has 21 heteroatoms. The van der Waals surface area contributed by atoms with Crippen molar-refractivity contribution in [3.8, 4) is 115 Å². The zero-order valence-electron chi connectivity index (χ0n) is 76.1. The van der Waals surface area contributed by atoms with E-state index in [9.17, 15) is 48.3 Å². The van der Waals surface area contributed by atoms with Crippen molar-refractivity contribution in [2.24, 2.45) is 25.0 Å². The number of rotatable bonds is 19. The van der Waals surface area contributed by atoms with Crippen LogP contribution in [0, 0.1) is 130 Å². The SMILES string of the molecule is CCCCCc1cc(F)c(C#Cc2ccc(-c3ccc(N=C=S)cc3)c(F)c2)c(F)c1.CCCCc1ccc(-c2ccc(C#Cc3ccc(N=C=S)c(F)c3)cc2F)cc1.CCc1ccc(-c2ccc(C#Cc3cc(F)c(N=C=S)c(F)c3)cc2)c(F)c1.CCc1ccc(-c2ccc(C#Cc3ccc(N=C=S)cc3)c(F)c2)cc1.Cc1ccc(-c2ccc(C#Cc3ccc(N=C=S)c(F)c3)cc2F)cc1. The van der Waals surface area contributed by atoms with Crippen molar-refractivity contribution in [1.82, 2.24) is 0 Å². The summed E-state index contributed by atoms with van der Waals surface area (Å²) in [7, 11) is 0. The first-order chi connectivity index (χ1) is 67.9. The predicted octanol–water partition coefficient (Wildman–Crippen LogP) is 33.5. The van der Waals surface area contributed by atoms with Crippen molar-refractivity contribution < 1.29 is 48.3 Å². The molecule has 0 spiro atoms. The average molecular weight is 1950 g/mol. The Labute approximate surface area is 834 Å². The standard InChI is InChI=1S/C26H20F3NS.C25H19F2NS.C23H14F3NS.C23H16FNS.C22H13F2NS/c1-2-3-4-5-19-15-25(28)23(26(29)16-19)13-7-18-6-12-22(24(27)14-18)20-8-10-21(11-9-20)30-17-31;1-2-3-4-18-7-11-21(12-8-18)22-13-9-19(15-23(22)26)5-6-20-10-14-25(28-17-29)24(27)16-20;1-2-15-7-10-19(20(24)11-15)18-8-5-16(6-9-18)3-4-17-12-21(25)23(27-14-28)22(26)13-17;1-2-17-3-8-19(9-4-17)21-12-11-20(23(24)15-21)10-5-18-6-13-22(14-7-18)25-16-26;1-15-2-8-18(9-3-15)19-10-6-16(12-20(19)23)4-5-17-7-11-22(25-14-26)21(24)13-17/h6,8-12,14-16H,2-5H2,1H3;7-16H,2-4H2,1H3;5-13H,2H2,1H3;3-4,6-9,11-15H,2H2,1H3;2-3,6-13H,1H3. The van der Waals surface area contributed by atoms with E-state index in [1.54, 1.807) is 121 Å². The first kappa shape index (κ1) is 105. The van der Waals surface area contributed by atoms with E-state index >= 15 is 0 Å². The maximum atomic E-state index is 14.6. The van der Waals surface area contributed by atoms with Gasteiger partial charge in [0.1, 0.15) is 57.8 Å². The van der Waals surface area contributed by atoms with Gasteiger partial charge in [0.2, 0.25) is 0 Å². The Morgan fingerprint density at radius 3 is 0.986 bits per heavy atom. The Morgan fingerprint density at radius 2 is 0.557 bits per heavy atom. The number of nitrogens with zero attached hydrogens (tertiary/aromatic N) is 5. The summed E-state index contributed by atoms with van der Waals surface area (Å²) in [4.78, 5) is 18.3. The third kappa shape index (κ3) is 31.2. The molecule has 140 heavy (non-hydrogen) atoms. The van der Waals surface area contributed by atoms with Gasteiger partial charge in [-0.15, -0.1) is 0 Å². The monoisotopic (exact) mass is 1950 g/mol. The third-order valence-corrected chi connectivity index (χ3v) is 21.8. The lowest BCUT2D eigenvalue weighted by atomic mass is 10.00. The fourth-order valence-corrected chi connectivity index (χ4v) is 14.3. The number of aryl methyl sites for hydroxylation is 5. The van der Waals surface area contributed by atoms with Gasteiger partial charge in [0, 0.05) is 66.8 Å². The van der Waals surface area contributed by atoms with Crippen molar-refractivity contribution in [3.63, 3.8) is 0 Å². The number of isothiocyanates is 5. The van der Waals surface area contributed by atoms with Gasteiger partial charge in [-0.05, 0) is 326 Å². The van der Waals surface area contributed by atoms with Crippen LogP contribution in [-0.4, -0.2) is 25.8 Å². The van der Waals surface area contributed by atoms with Crippen LogP contribution in [0.1, 0.15) is 143 Å². The summed E-state index contributed by atoms with van der Waals surface area (Å²) in [6.45, 7) is 10.3. The minimum absolute atomic E-state index is 0.110. The lowest BCUT2D eigenvalue weighted by Gasteiger charge is -2.06. The first-order valence-electron chi connectivity index (χ1n) is 44.0. The van der Waals surface area contributed by atoms with Crippen molar-refractivity contribution in [3.05, 3.63) is 445 Å². The number of unbranched alkanes of at least 4 members (excludes halogenated alkanes) is 3. The molecule has 0 aromatic heterocycles. The Bertz CT molecular complexity index is 7580. The fourth-order valence-electron chi connectivity index (χ4n) is 13.8. The molecular weight excluding hydrogens is 1870 g/mol. The summed E-state index contributed by atoms with van der Waals surface area (Å²) < 4.78 is 156. The molecule has 690 valence electrons. The van der Waals surface area contributed by atoms with Crippen molar-refractivity contribution in [2.75, 3.05) is 0 Å². The van der Waals surface area contributed by atoms with Gasteiger partial charge in [0.05, 0.1) is 48.3 Å². The lowest BCUT2D eigenvalue weighted by molar-refractivity contribution is 0.572. The highest BCUT2D eigenvalue weighted by Gasteiger charge is 2.16. The molecule has 5 nitrogen and oxygen atoms in total. The number of hydrogen-bond acceptors (Lipinski definition) is 10. The molecule has 15 aromatic carbocycles. The number of hydrogen-bond donors (Lipinski definition) is 0. The van der Waals surface area contributed by atoms with Gasteiger partial charge in [0.15, 0.2) is 23.3 Å². The molecule has 0 saturated heterocycles. The summed E-state index contributed by atoms with van der Waals surface area (Å²) in [5, 5.41) is 10.8. The van der Waals surface area contributed by atoms with Crippen LogP contribution in [0.25, 0.3) is 55.6 Å². The van der Waals surface area contributed by atoms with E-state index in [1.807, 2.05) is 104 Å². The van der Waals surface area contributed by atoms with Crippen LogP contribution in [-0.2, 0) is 25.7 Å². The third-order valence-electron chi connectivity index (χ3n) is 21.4. The number of benzene rings is 15. The zero-order chi connectivity index (χ0) is 99.8. The first-order valence-corrected chi connectivity index (χ1v) is 46.0. The second kappa shape index (κ2) is 53.7. The van der Waals surface area contributed by atoms with Crippen LogP contribution in [0.4, 0.5) is 76.7 Å². The zero-order valence-corrected chi connectivity index (χ0v) is 80.2. The molecule has 0 aliphatic heterocycles. The number of thiocarbonyl (C=S) groups is 5. The van der Waals surface area contributed by atoms with Crippen molar-refractivity contribution in [1.29, 1.82) is 0 Å². The van der Waals surface area contributed by atoms with Crippen LogP contribution in [0.3, 0.4) is 0 Å². The molecule has 15 aromatic rings. The molecule has 15 rings (SSSR count). The molecule has 0 saturated carbocycles. The maximum Gasteiger partial charge on any atom is 0.153 e. The highest BCUT2D eigenvalue weighted by molar-refractivity contribution is 7.79. The van der Waals surface area contributed by atoms with E-state index in [1.165, 1.54) is 77.9 Å². The topological polar surface area (TPSA) is 61.8 Å². The molecule has 0 radical (unpaired) electrons. The molecule has 0 N–H and O–H groups in total. The maximum absolute atomic E-state index is 14.6. The largest absolute Gasteiger partial charge is 0.206 e. The molecule has 0 heterocycles. The van der Waals surface area contributed by atoms with Gasteiger partial charge >= 0.3 is 0 Å². The Balaban J connectivity index is 0.000000168. The van der Waals surface area contributed by atoms with Crippen molar-refractivity contribution in [2.45, 2.75) is 92.4 Å². The Hall–Kier alpha value is -15.7. The van der Waals surface area contributed by atoms with Crippen LogP contribution in [0.15, 0.2) is 322 Å². The van der Waals surface area contributed by atoms with E-state index in [0.29, 0.717) is 84.4 Å². The van der Waals surface area contributed by atoms with E-state index in [2.05, 4.69) is 199 Å². The predicted molar refractivity (Wildman–Crippen MR) is 560 cm³/mol. The van der Waals surface area contributed by atoms with Gasteiger partial charge in [-0.3, -0.25) is 0 Å². The van der Waals surface area contributed by atoms with E-state index in [0.717, 1.165) is 114 Å². The van der Waals surface area contributed by atoms with E-state index in [-0.39, 0.29) is 45.8 Å². The highest BCUT2D eigenvalue weighted by Crippen LogP contribution is 2.33. The fraction of sp³-hybridized carbons (Fsp3) is 0.118. The number of aliphatic imine (C=N–C) groups is 5. The molecule has 0 aliphatic rings. The lowest BCUT2D eigenvalue weighted by Crippen LogP contribution is -1.95. The Kier molecular flexibility index (Phi) is 40.2. The highest BCUT2D eigenvalue weighted by atomic mass is 32.1. The molecule has 0 atom stereocenters. The summed E-state index contributed by atoms with van der Waals surface area (Å²) in [5.74, 6) is 22.0.